The summed E-state index contributed by atoms with van der Waals surface area (Å²) in [5, 5.41) is 11.0. The summed E-state index contributed by atoms with van der Waals surface area (Å²) in [4.78, 5) is 24.6. The van der Waals surface area contributed by atoms with Crippen molar-refractivity contribution in [2.24, 2.45) is 0 Å². The molecule has 5 nitrogen and oxygen atoms in total. The zero-order valence-electron chi connectivity index (χ0n) is 13.7. The molecule has 7 heteroatoms. The third-order valence-electron chi connectivity index (χ3n) is 4.03. The molecule has 1 aromatic carbocycles. The first kappa shape index (κ1) is 17.6. The number of aromatic hydroxyl groups is 1. The van der Waals surface area contributed by atoms with E-state index in [2.05, 4.69) is 0 Å². The maximum absolute atomic E-state index is 12.8. The van der Waals surface area contributed by atoms with Gasteiger partial charge in [-0.25, -0.2) is 0 Å². The summed E-state index contributed by atoms with van der Waals surface area (Å²) in [7, 11) is 0. The maximum atomic E-state index is 12.8. The van der Waals surface area contributed by atoms with Crippen LogP contribution in [0.25, 0.3) is 5.52 Å². The van der Waals surface area contributed by atoms with Crippen LogP contribution >= 0.6 is 23.2 Å². The maximum Gasteiger partial charge on any atom is 0.279 e. The van der Waals surface area contributed by atoms with Crippen LogP contribution < -0.4 is 11.0 Å². The fourth-order valence-electron chi connectivity index (χ4n) is 2.74. The summed E-state index contributed by atoms with van der Waals surface area (Å²) in [6.45, 7) is 4.18. The van der Waals surface area contributed by atoms with E-state index in [1.165, 1.54) is 16.8 Å². The molecule has 0 radical (unpaired) electrons. The molecule has 0 saturated carbocycles. The van der Waals surface area contributed by atoms with Gasteiger partial charge in [0.15, 0.2) is 11.3 Å². The number of hydrogen-bond donors (Lipinski definition) is 1. The van der Waals surface area contributed by atoms with Crippen molar-refractivity contribution < 1.29 is 5.11 Å². The molecule has 0 aliphatic heterocycles. The fraction of sp³-hybridized carbons (Fsp3) is 0.222. The van der Waals surface area contributed by atoms with Crippen LogP contribution in [0.5, 0.6) is 5.75 Å². The molecule has 25 heavy (non-hydrogen) atoms. The number of nitrogens with zero attached hydrogens (tertiary/aromatic N) is 2. The van der Waals surface area contributed by atoms with Crippen LogP contribution in [-0.2, 0) is 6.54 Å². The van der Waals surface area contributed by atoms with Gasteiger partial charge in [0, 0.05) is 24.2 Å². The summed E-state index contributed by atoms with van der Waals surface area (Å²) >= 11 is 12.0. The Kier molecular flexibility index (Phi) is 4.62. The van der Waals surface area contributed by atoms with E-state index in [4.69, 9.17) is 23.2 Å². The van der Waals surface area contributed by atoms with E-state index < -0.39 is 16.7 Å². The summed E-state index contributed by atoms with van der Waals surface area (Å²) in [5.74, 6) is -0.469. The van der Waals surface area contributed by atoms with Gasteiger partial charge in [-0.2, -0.15) is 0 Å². The zero-order chi connectivity index (χ0) is 18.3. The summed E-state index contributed by atoms with van der Waals surface area (Å²) in [6.07, 6.45) is 3.24. The van der Waals surface area contributed by atoms with Crippen LogP contribution in [0.1, 0.15) is 31.0 Å². The molecule has 0 aliphatic carbocycles. The van der Waals surface area contributed by atoms with E-state index in [0.717, 1.165) is 11.3 Å². The van der Waals surface area contributed by atoms with Gasteiger partial charge in [0.05, 0.1) is 16.6 Å². The molecule has 0 fully saturated rings. The Morgan fingerprint density at radius 3 is 2.48 bits per heavy atom. The normalized spacial score (nSPS) is 11.4. The molecular formula is C18H16Cl2N2O3. The molecule has 0 aliphatic rings. The molecule has 1 N–H and O–H groups in total. The first-order chi connectivity index (χ1) is 11.8. The van der Waals surface area contributed by atoms with Gasteiger partial charge < -0.3 is 14.1 Å². The molecular weight excluding hydrogens is 363 g/mol. The Balaban J connectivity index is 2.26. The summed E-state index contributed by atoms with van der Waals surface area (Å²) in [5.41, 5.74) is 0.516. The van der Waals surface area contributed by atoms with E-state index in [-0.39, 0.29) is 18.0 Å². The molecule has 0 bridgehead atoms. The fourth-order valence-corrected chi connectivity index (χ4v) is 3.06. The van der Waals surface area contributed by atoms with Gasteiger partial charge in [0.25, 0.3) is 5.56 Å². The van der Waals surface area contributed by atoms with Crippen molar-refractivity contribution in [1.29, 1.82) is 0 Å². The van der Waals surface area contributed by atoms with Crippen molar-refractivity contribution in [3.63, 3.8) is 0 Å². The van der Waals surface area contributed by atoms with E-state index >= 15 is 0 Å². The highest BCUT2D eigenvalue weighted by Gasteiger charge is 2.16. The van der Waals surface area contributed by atoms with Crippen molar-refractivity contribution >= 4 is 28.7 Å². The Morgan fingerprint density at radius 2 is 1.84 bits per heavy atom. The average Bonchev–Trinajstić information content (AvgIpc) is 2.56. The zero-order valence-corrected chi connectivity index (χ0v) is 15.2. The molecule has 2 aromatic heterocycles. The Hall–Kier alpha value is -2.24. The van der Waals surface area contributed by atoms with Crippen LogP contribution in [0, 0.1) is 0 Å². The molecule has 0 amide bonds. The largest absolute Gasteiger partial charge is 0.503 e. The van der Waals surface area contributed by atoms with Crippen molar-refractivity contribution in [3.8, 4) is 5.75 Å². The highest BCUT2D eigenvalue weighted by Crippen LogP contribution is 2.23. The molecule has 3 rings (SSSR count). The SMILES string of the molecule is CC(C)c1cn(Cc2ccc(Cl)c(Cl)c2)c(=O)c2c(O)c(=O)ccn12. The summed E-state index contributed by atoms with van der Waals surface area (Å²) in [6, 6.07) is 6.37. The number of benzene rings is 1. The minimum absolute atomic E-state index is 0.0289. The average molecular weight is 379 g/mol. The number of pyridine rings is 1. The molecule has 0 saturated heterocycles. The minimum Gasteiger partial charge on any atom is -0.503 e. The third-order valence-corrected chi connectivity index (χ3v) is 4.77. The first-order valence-corrected chi connectivity index (χ1v) is 8.46. The van der Waals surface area contributed by atoms with Crippen LogP contribution in [0.15, 0.2) is 46.2 Å². The molecule has 0 atom stereocenters. The lowest BCUT2D eigenvalue weighted by Crippen LogP contribution is -2.26. The van der Waals surface area contributed by atoms with Crippen molar-refractivity contribution in [3.05, 3.63) is 78.5 Å². The number of rotatable bonds is 3. The van der Waals surface area contributed by atoms with Gasteiger partial charge in [-0.1, -0.05) is 43.1 Å². The molecule has 0 unspecified atom stereocenters. The van der Waals surface area contributed by atoms with Crippen LogP contribution in [0.2, 0.25) is 10.0 Å². The second kappa shape index (κ2) is 6.58. The number of halogens is 2. The molecule has 2 heterocycles. The monoisotopic (exact) mass is 378 g/mol. The van der Waals surface area contributed by atoms with Gasteiger partial charge in [-0.3, -0.25) is 9.59 Å². The second-order valence-corrected chi connectivity index (χ2v) is 6.95. The lowest BCUT2D eigenvalue weighted by molar-refractivity contribution is 0.471. The van der Waals surface area contributed by atoms with Crippen molar-refractivity contribution in [2.75, 3.05) is 0 Å². The quantitative estimate of drug-likeness (QED) is 0.756. The van der Waals surface area contributed by atoms with E-state index in [1.807, 2.05) is 13.8 Å². The highest BCUT2D eigenvalue weighted by atomic mass is 35.5. The summed E-state index contributed by atoms with van der Waals surface area (Å²) < 4.78 is 3.03. The van der Waals surface area contributed by atoms with Crippen LogP contribution in [0.4, 0.5) is 0 Å². The minimum atomic E-state index is -0.584. The van der Waals surface area contributed by atoms with Gasteiger partial charge in [-0.15, -0.1) is 0 Å². The van der Waals surface area contributed by atoms with Gasteiger partial charge in [-0.05, 0) is 23.6 Å². The van der Waals surface area contributed by atoms with Crippen molar-refractivity contribution in [2.45, 2.75) is 26.3 Å². The first-order valence-electron chi connectivity index (χ1n) is 7.71. The number of hydrogen-bond acceptors (Lipinski definition) is 3. The van der Waals surface area contributed by atoms with Crippen LogP contribution in [-0.4, -0.2) is 14.1 Å². The van der Waals surface area contributed by atoms with Crippen molar-refractivity contribution in [1.82, 2.24) is 8.97 Å². The van der Waals surface area contributed by atoms with Gasteiger partial charge in [0.1, 0.15) is 0 Å². The lowest BCUT2D eigenvalue weighted by Gasteiger charge is -2.16. The van der Waals surface area contributed by atoms with E-state index in [9.17, 15) is 14.7 Å². The molecule has 0 spiro atoms. The molecule has 130 valence electrons. The lowest BCUT2D eigenvalue weighted by atomic mass is 10.1. The van der Waals surface area contributed by atoms with Gasteiger partial charge in [0.2, 0.25) is 5.43 Å². The van der Waals surface area contributed by atoms with E-state index in [0.29, 0.717) is 10.0 Å². The smallest absolute Gasteiger partial charge is 0.279 e. The predicted octanol–water partition coefficient (Wildman–Crippen LogP) is 3.65. The highest BCUT2D eigenvalue weighted by molar-refractivity contribution is 6.42. The topological polar surface area (TPSA) is 63.7 Å². The Morgan fingerprint density at radius 1 is 1.12 bits per heavy atom. The Bertz CT molecular complexity index is 1080. The number of fused-ring (bicyclic) bond motifs is 1. The predicted molar refractivity (Wildman–Crippen MR) is 99.2 cm³/mol. The number of aromatic nitrogens is 2. The van der Waals surface area contributed by atoms with E-state index in [1.54, 1.807) is 28.8 Å². The standard InChI is InChI=1S/C18H16Cl2N2O3/c1-10(2)14-9-21(8-11-3-4-12(19)13(20)7-11)18(25)16-17(24)15(23)5-6-22(14)16/h3-7,9-10,24H,8H2,1-2H3. The third kappa shape index (κ3) is 3.17. The second-order valence-electron chi connectivity index (χ2n) is 6.14. The van der Waals surface area contributed by atoms with Crippen LogP contribution in [0.3, 0.4) is 0 Å². The molecule has 3 aromatic rings. The van der Waals surface area contributed by atoms with Gasteiger partial charge >= 0.3 is 0 Å². The Labute approximate surface area is 153 Å².